The maximum absolute atomic E-state index is 10.9. The van der Waals surface area contributed by atoms with E-state index >= 15 is 0 Å². The first-order valence-corrected chi connectivity index (χ1v) is 4.32. The molecule has 13 heavy (non-hydrogen) atoms. The Morgan fingerprint density at radius 2 is 2.31 bits per heavy atom. The molecular formula is C9H10ClNO2. The summed E-state index contributed by atoms with van der Waals surface area (Å²) in [6, 6.07) is 4.72. The van der Waals surface area contributed by atoms with Crippen LogP contribution >= 0.6 is 11.6 Å². The van der Waals surface area contributed by atoms with Crippen LogP contribution in [0.15, 0.2) is 18.2 Å². The molecule has 0 saturated heterocycles. The number of hydrogen-bond donors (Lipinski definition) is 2. The lowest BCUT2D eigenvalue weighted by molar-refractivity contribution is -0.113. The summed E-state index contributed by atoms with van der Waals surface area (Å²) < 4.78 is 0. The van der Waals surface area contributed by atoms with Crippen LogP contribution in [0, 0.1) is 6.92 Å². The van der Waals surface area contributed by atoms with E-state index in [4.69, 9.17) is 16.7 Å². The van der Waals surface area contributed by atoms with Gasteiger partial charge in [0.1, 0.15) is 11.6 Å². The lowest BCUT2D eigenvalue weighted by Crippen LogP contribution is -2.13. The van der Waals surface area contributed by atoms with Crippen LogP contribution in [0.3, 0.4) is 0 Å². The summed E-state index contributed by atoms with van der Waals surface area (Å²) in [5.41, 5.74) is 1.47. The van der Waals surface area contributed by atoms with Crippen molar-refractivity contribution in [1.29, 1.82) is 0 Å². The molecule has 0 aliphatic rings. The largest absolute Gasteiger partial charge is 0.508 e. The molecule has 0 unspecified atom stereocenters. The maximum atomic E-state index is 10.9. The van der Waals surface area contributed by atoms with Crippen molar-refractivity contribution >= 4 is 23.2 Å². The first-order chi connectivity index (χ1) is 6.13. The number of nitrogens with one attached hydrogen (secondary N) is 1. The van der Waals surface area contributed by atoms with Crippen LogP contribution in [0.5, 0.6) is 5.75 Å². The molecule has 70 valence electrons. The van der Waals surface area contributed by atoms with Crippen LogP contribution in [0.4, 0.5) is 5.69 Å². The Balaban J connectivity index is 2.83. The molecule has 0 bridgehead atoms. The zero-order valence-electron chi connectivity index (χ0n) is 7.17. The van der Waals surface area contributed by atoms with Crippen LogP contribution < -0.4 is 5.32 Å². The summed E-state index contributed by atoms with van der Waals surface area (Å²) in [7, 11) is 0. The first kappa shape index (κ1) is 9.86. The molecule has 0 fully saturated rings. The van der Waals surface area contributed by atoms with Gasteiger partial charge < -0.3 is 10.4 Å². The van der Waals surface area contributed by atoms with Gasteiger partial charge in [0.15, 0.2) is 0 Å². The summed E-state index contributed by atoms with van der Waals surface area (Å²) in [5.74, 6) is -0.142. The van der Waals surface area contributed by atoms with Gasteiger partial charge in [-0.25, -0.2) is 0 Å². The predicted octanol–water partition coefficient (Wildman–Crippen LogP) is 1.88. The van der Waals surface area contributed by atoms with Gasteiger partial charge in [-0.1, -0.05) is 0 Å². The third kappa shape index (κ3) is 2.63. The van der Waals surface area contributed by atoms with E-state index in [1.165, 1.54) is 6.07 Å². The molecule has 3 nitrogen and oxygen atoms in total. The van der Waals surface area contributed by atoms with E-state index in [0.717, 1.165) is 5.56 Å². The van der Waals surface area contributed by atoms with Gasteiger partial charge in [0.25, 0.3) is 0 Å². The molecular weight excluding hydrogens is 190 g/mol. The third-order valence-electron chi connectivity index (χ3n) is 1.61. The van der Waals surface area contributed by atoms with Crippen LogP contribution in [0.2, 0.25) is 0 Å². The number of halogens is 1. The highest BCUT2D eigenvalue weighted by atomic mass is 35.5. The summed E-state index contributed by atoms with van der Waals surface area (Å²) in [6.07, 6.45) is 0. The van der Waals surface area contributed by atoms with E-state index in [9.17, 15) is 4.79 Å². The summed E-state index contributed by atoms with van der Waals surface area (Å²) >= 11 is 5.32. The van der Waals surface area contributed by atoms with Crippen LogP contribution in [-0.4, -0.2) is 16.9 Å². The van der Waals surface area contributed by atoms with Gasteiger partial charge in [-0.3, -0.25) is 4.79 Å². The van der Waals surface area contributed by atoms with Gasteiger partial charge >= 0.3 is 0 Å². The number of anilines is 1. The second-order valence-corrected chi connectivity index (χ2v) is 2.95. The number of amides is 1. The standard InChI is InChI=1S/C9H10ClNO2/c1-6-4-7(12)2-3-8(6)11-9(13)5-10/h2-4,12H,5H2,1H3,(H,11,13). The molecule has 0 spiro atoms. The number of alkyl halides is 1. The normalized spacial score (nSPS) is 9.69. The number of carbonyl (C=O) groups excluding carboxylic acids is 1. The Hall–Kier alpha value is -1.22. The monoisotopic (exact) mass is 199 g/mol. The molecule has 1 aromatic rings. The van der Waals surface area contributed by atoms with Crippen LogP contribution in [0.1, 0.15) is 5.56 Å². The highest BCUT2D eigenvalue weighted by molar-refractivity contribution is 6.29. The predicted molar refractivity (Wildman–Crippen MR) is 52.2 cm³/mol. The van der Waals surface area contributed by atoms with Crippen LogP contribution in [0.25, 0.3) is 0 Å². The minimum absolute atomic E-state index is 0.0691. The average Bonchev–Trinajstić information content (AvgIpc) is 2.09. The van der Waals surface area contributed by atoms with Gasteiger partial charge in [0, 0.05) is 5.69 Å². The van der Waals surface area contributed by atoms with Gasteiger partial charge in [-0.15, -0.1) is 11.6 Å². The zero-order chi connectivity index (χ0) is 9.84. The van der Waals surface area contributed by atoms with Crippen molar-refractivity contribution in [3.63, 3.8) is 0 Å². The third-order valence-corrected chi connectivity index (χ3v) is 1.85. The Morgan fingerprint density at radius 1 is 1.62 bits per heavy atom. The molecule has 2 N–H and O–H groups in total. The van der Waals surface area contributed by atoms with E-state index < -0.39 is 0 Å². The lowest BCUT2D eigenvalue weighted by atomic mass is 10.2. The molecule has 0 aliphatic carbocycles. The molecule has 1 aromatic carbocycles. The SMILES string of the molecule is Cc1cc(O)ccc1NC(=O)CCl. The fourth-order valence-electron chi connectivity index (χ4n) is 0.972. The molecule has 1 amide bonds. The van der Waals surface area contributed by atoms with Crippen molar-refractivity contribution in [1.82, 2.24) is 0 Å². The molecule has 1 rings (SSSR count). The minimum atomic E-state index is -0.254. The Kier molecular flexibility index (Phi) is 3.14. The molecule has 0 aromatic heterocycles. The summed E-state index contributed by atoms with van der Waals surface area (Å²) in [6.45, 7) is 1.80. The van der Waals surface area contributed by atoms with Crippen molar-refractivity contribution in [3.05, 3.63) is 23.8 Å². The summed E-state index contributed by atoms with van der Waals surface area (Å²) in [5, 5.41) is 11.7. The topological polar surface area (TPSA) is 49.3 Å². The maximum Gasteiger partial charge on any atom is 0.239 e. The number of benzene rings is 1. The quantitative estimate of drug-likeness (QED) is 0.565. The van der Waals surface area contributed by atoms with Gasteiger partial charge in [-0.2, -0.15) is 0 Å². The van der Waals surface area contributed by atoms with Crippen molar-refractivity contribution in [2.24, 2.45) is 0 Å². The second-order valence-electron chi connectivity index (χ2n) is 2.68. The van der Waals surface area contributed by atoms with Gasteiger partial charge in [0.05, 0.1) is 0 Å². The highest BCUT2D eigenvalue weighted by Crippen LogP contribution is 2.19. The highest BCUT2D eigenvalue weighted by Gasteiger charge is 2.02. The van der Waals surface area contributed by atoms with E-state index in [1.54, 1.807) is 19.1 Å². The molecule has 0 aliphatic heterocycles. The number of hydrogen-bond acceptors (Lipinski definition) is 2. The summed E-state index contributed by atoms with van der Waals surface area (Å²) in [4.78, 5) is 10.9. The van der Waals surface area contributed by atoms with E-state index in [1.807, 2.05) is 0 Å². The van der Waals surface area contributed by atoms with Crippen molar-refractivity contribution in [3.8, 4) is 5.75 Å². The first-order valence-electron chi connectivity index (χ1n) is 3.79. The lowest BCUT2D eigenvalue weighted by Gasteiger charge is -2.06. The van der Waals surface area contributed by atoms with E-state index in [2.05, 4.69) is 5.32 Å². The zero-order valence-corrected chi connectivity index (χ0v) is 7.93. The van der Waals surface area contributed by atoms with Gasteiger partial charge in [0.2, 0.25) is 5.91 Å². The van der Waals surface area contributed by atoms with Crippen molar-refractivity contribution in [2.75, 3.05) is 11.2 Å². The van der Waals surface area contributed by atoms with E-state index in [0.29, 0.717) is 5.69 Å². The minimum Gasteiger partial charge on any atom is -0.508 e. The fourth-order valence-corrected chi connectivity index (χ4v) is 1.04. The Morgan fingerprint density at radius 3 is 2.85 bits per heavy atom. The molecule has 0 saturated carbocycles. The number of rotatable bonds is 2. The number of aryl methyl sites for hydroxylation is 1. The Bertz CT molecular complexity index is 325. The smallest absolute Gasteiger partial charge is 0.239 e. The van der Waals surface area contributed by atoms with E-state index in [-0.39, 0.29) is 17.5 Å². The molecule has 0 radical (unpaired) electrons. The average molecular weight is 200 g/mol. The molecule has 0 atom stereocenters. The number of phenols is 1. The number of aromatic hydroxyl groups is 1. The van der Waals surface area contributed by atoms with Crippen LogP contribution in [-0.2, 0) is 4.79 Å². The molecule has 0 heterocycles. The Labute approximate surface area is 81.3 Å². The second kappa shape index (κ2) is 4.14. The fraction of sp³-hybridized carbons (Fsp3) is 0.222. The number of carbonyl (C=O) groups is 1. The van der Waals surface area contributed by atoms with Crippen molar-refractivity contribution < 1.29 is 9.90 Å². The van der Waals surface area contributed by atoms with Crippen molar-refractivity contribution in [2.45, 2.75) is 6.92 Å². The number of phenolic OH excluding ortho intramolecular Hbond substituents is 1. The molecule has 4 heteroatoms. The van der Waals surface area contributed by atoms with Gasteiger partial charge in [-0.05, 0) is 30.7 Å².